The van der Waals surface area contributed by atoms with Gasteiger partial charge in [-0.2, -0.15) is 0 Å². The lowest BCUT2D eigenvalue weighted by atomic mass is 10.1. The zero-order valence-corrected chi connectivity index (χ0v) is 11.6. The number of hydrogen-bond acceptors (Lipinski definition) is 3. The minimum atomic E-state index is -0.160. The highest BCUT2D eigenvalue weighted by Crippen LogP contribution is 2.25. The van der Waals surface area contributed by atoms with Gasteiger partial charge in [-0.3, -0.25) is 4.98 Å². The molecule has 0 amide bonds. The van der Waals surface area contributed by atoms with E-state index in [0.29, 0.717) is 6.61 Å². The van der Waals surface area contributed by atoms with Crippen LogP contribution in [0.2, 0.25) is 5.02 Å². The van der Waals surface area contributed by atoms with Gasteiger partial charge < -0.3 is 10.1 Å². The van der Waals surface area contributed by atoms with E-state index in [0.717, 1.165) is 22.8 Å². The molecule has 1 N–H and O–H groups in total. The number of nitrogens with one attached hydrogen (secondary N) is 1. The van der Waals surface area contributed by atoms with Crippen LogP contribution in [-0.4, -0.2) is 25.2 Å². The molecule has 2 rings (SSSR count). The Morgan fingerprint density at radius 3 is 2.63 bits per heavy atom. The first-order valence-corrected chi connectivity index (χ1v) is 6.61. The minimum absolute atomic E-state index is 0.160. The molecule has 19 heavy (non-hydrogen) atoms. The molecule has 4 heteroatoms. The second kappa shape index (κ2) is 7.24. The molecule has 100 valence electrons. The average Bonchev–Trinajstić information content (AvgIpc) is 2.46. The van der Waals surface area contributed by atoms with Gasteiger partial charge in [0.2, 0.25) is 0 Å². The van der Waals surface area contributed by atoms with Gasteiger partial charge in [0.05, 0.1) is 12.3 Å². The summed E-state index contributed by atoms with van der Waals surface area (Å²) in [5, 5.41) is 3.79. The van der Waals surface area contributed by atoms with E-state index in [1.807, 2.05) is 49.5 Å². The van der Waals surface area contributed by atoms with Gasteiger partial charge in [0.15, 0.2) is 0 Å². The Kier molecular flexibility index (Phi) is 5.33. The summed E-state index contributed by atoms with van der Waals surface area (Å²) < 4.78 is 5.93. The van der Waals surface area contributed by atoms with Crippen molar-refractivity contribution >= 4 is 11.6 Å². The zero-order chi connectivity index (χ0) is 13.5. The molecular weight excluding hydrogens is 260 g/mol. The Bertz CT molecular complexity index is 487. The molecule has 2 aromatic rings. The van der Waals surface area contributed by atoms with Gasteiger partial charge >= 0.3 is 0 Å². The number of rotatable bonds is 6. The second-order valence-corrected chi connectivity index (χ2v) is 4.60. The lowest BCUT2D eigenvalue weighted by Crippen LogP contribution is -2.17. The number of benzene rings is 1. The first kappa shape index (κ1) is 14.0. The van der Waals surface area contributed by atoms with E-state index in [1.165, 1.54) is 0 Å². The Balaban J connectivity index is 2.21. The monoisotopic (exact) mass is 276 g/mol. The Morgan fingerprint density at radius 1 is 1.21 bits per heavy atom. The van der Waals surface area contributed by atoms with Crippen LogP contribution in [0.5, 0.6) is 0 Å². The second-order valence-electron chi connectivity index (χ2n) is 4.16. The summed E-state index contributed by atoms with van der Waals surface area (Å²) in [6.45, 7) is 1.43. The van der Waals surface area contributed by atoms with Crippen LogP contribution in [-0.2, 0) is 4.74 Å². The third kappa shape index (κ3) is 4.03. The smallest absolute Gasteiger partial charge is 0.124 e. The van der Waals surface area contributed by atoms with Crippen LogP contribution in [0.3, 0.4) is 0 Å². The molecule has 0 aliphatic heterocycles. The minimum Gasteiger partial charge on any atom is -0.366 e. The number of halogens is 1. The van der Waals surface area contributed by atoms with Crippen molar-refractivity contribution in [3.8, 4) is 0 Å². The van der Waals surface area contributed by atoms with Crippen molar-refractivity contribution < 1.29 is 4.74 Å². The summed E-state index contributed by atoms with van der Waals surface area (Å²) in [7, 11) is 1.90. The van der Waals surface area contributed by atoms with Crippen LogP contribution < -0.4 is 5.32 Å². The van der Waals surface area contributed by atoms with E-state index in [4.69, 9.17) is 16.3 Å². The summed E-state index contributed by atoms with van der Waals surface area (Å²) in [5.41, 5.74) is 1.96. The molecule has 0 saturated heterocycles. The van der Waals surface area contributed by atoms with Gasteiger partial charge in [-0.1, -0.05) is 29.8 Å². The molecule has 0 fully saturated rings. The van der Waals surface area contributed by atoms with Crippen LogP contribution in [0, 0.1) is 0 Å². The largest absolute Gasteiger partial charge is 0.366 e. The molecule has 3 nitrogen and oxygen atoms in total. The fourth-order valence-corrected chi connectivity index (χ4v) is 1.93. The molecular formula is C15H17ClN2O. The van der Waals surface area contributed by atoms with Crippen molar-refractivity contribution in [2.24, 2.45) is 0 Å². The summed E-state index contributed by atoms with van der Waals surface area (Å²) in [6, 6.07) is 13.5. The van der Waals surface area contributed by atoms with Crippen LogP contribution in [0.15, 0.2) is 48.7 Å². The van der Waals surface area contributed by atoms with Gasteiger partial charge in [-0.05, 0) is 36.9 Å². The molecule has 0 spiro atoms. The number of likely N-dealkylation sites (N-methyl/N-ethyl adjacent to an activating group) is 1. The standard InChI is InChI=1S/C15H17ClN2O/c1-17-10-11-19-15(14-4-2-3-9-18-14)12-5-7-13(16)8-6-12/h2-9,15,17H,10-11H2,1H3. The molecule has 1 unspecified atom stereocenters. The Hall–Kier alpha value is -1.42. The topological polar surface area (TPSA) is 34.1 Å². The van der Waals surface area contributed by atoms with Crippen molar-refractivity contribution in [1.29, 1.82) is 0 Å². The van der Waals surface area contributed by atoms with Crippen LogP contribution in [0.25, 0.3) is 0 Å². The summed E-state index contributed by atoms with van der Waals surface area (Å²) in [5.74, 6) is 0. The van der Waals surface area contributed by atoms with E-state index >= 15 is 0 Å². The van der Waals surface area contributed by atoms with Gasteiger partial charge in [0.1, 0.15) is 6.10 Å². The Labute approximate surface area is 118 Å². The van der Waals surface area contributed by atoms with Gasteiger partial charge in [-0.25, -0.2) is 0 Å². The van der Waals surface area contributed by atoms with Crippen molar-refractivity contribution in [3.63, 3.8) is 0 Å². The first-order chi connectivity index (χ1) is 9.31. The van der Waals surface area contributed by atoms with Crippen LogP contribution in [0.4, 0.5) is 0 Å². The molecule has 0 saturated carbocycles. The van der Waals surface area contributed by atoms with E-state index in [1.54, 1.807) is 6.20 Å². The molecule has 1 heterocycles. The molecule has 0 bridgehead atoms. The Morgan fingerprint density at radius 2 is 2.00 bits per heavy atom. The quantitative estimate of drug-likeness (QED) is 0.824. The number of hydrogen-bond donors (Lipinski definition) is 1. The normalized spacial score (nSPS) is 12.3. The lowest BCUT2D eigenvalue weighted by molar-refractivity contribution is 0.0803. The van der Waals surface area contributed by atoms with Crippen LogP contribution >= 0.6 is 11.6 Å². The lowest BCUT2D eigenvalue weighted by Gasteiger charge is -2.18. The van der Waals surface area contributed by atoms with Crippen molar-refractivity contribution in [2.75, 3.05) is 20.2 Å². The van der Waals surface area contributed by atoms with Crippen molar-refractivity contribution in [1.82, 2.24) is 10.3 Å². The zero-order valence-electron chi connectivity index (χ0n) is 10.8. The van der Waals surface area contributed by atoms with Crippen LogP contribution in [0.1, 0.15) is 17.4 Å². The van der Waals surface area contributed by atoms with Gasteiger partial charge in [0.25, 0.3) is 0 Å². The highest BCUT2D eigenvalue weighted by molar-refractivity contribution is 6.30. The van der Waals surface area contributed by atoms with Gasteiger partial charge in [-0.15, -0.1) is 0 Å². The number of pyridine rings is 1. The first-order valence-electron chi connectivity index (χ1n) is 6.24. The predicted molar refractivity (Wildman–Crippen MR) is 77.4 cm³/mol. The van der Waals surface area contributed by atoms with E-state index in [9.17, 15) is 0 Å². The average molecular weight is 277 g/mol. The number of nitrogens with zero attached hydrogens (tertiary/aromatic N) is 1. The van der Waals surface area contributed by atoms with Crippen molar-refractivity contribution in [2.45, 2.75) is 6.10 Å². The molecule has 1 aromatic heterocycles. The highest BCUT2D eigenvalue weighted by atomic mass is 35.5. The maximum atomic E-state index is 5.93. The number of ether oxygens (including phenoxy) is 1. The third-order valence-corrected chi connectivity index (χ3v) is 3.02. The summed E-state index contributed by atoms with van der Waals surface area (Å²) in [6.07, 6.45) is 1.62. The highest BCUT2D eigenvalue weighted by Gasteiger charge is 2.15. The maximum Gasteiger partial charge on any atom is 0.124 e. The van der Waals surface area contributed by atoms with Crippen molar-refractivity contribution in [3.05, 3.63) is 64.9 Å². The van der Waals surface area contributed by atoms with E-state index in [2.05, 4.69) is 10.3 Å². The predicted octanol–water partition coefficient (Wildman–Crippen LogP) is 3.06. The third-order valence-electron chi connectivity index (χ3n) is 2.77. The van der Waals surface area contributed by atoms with E-state index in [-0.39, 0.29) is 6.10 Å². The molecule has 0 aliphatic carbocycles. The van der Waals surface area contributed by atoms with Gasteiger partial charge in [0, 0.05) is 17.8 Å². The fraction of sp³-hybridized carbons (Fsp3) is 0.267. The molecule has 1 atom stereocenters. The fourth-order valence-electron chi connectivity index (χ4n) is 1.80. The molecule has 0 aliphatic rings. The summed E-state index contributed by atoms with van der Waals surface area (Å²) >= 11 is 5.92. The maximum absolute atomic E-state index is 5.93. The SMILES string of the molecule is CNCCOC(c1ccc(Cl)cc1)c1ccccn1. The molecule has 1 aromatic carbocycles. The van der Waals surface area contributed by atoms with E-state index < -0.39 is 0 Å². The number of aromatic nitrogens is 1. The molecule has 0 radical (unpaired) electrons. The summed E-state index contributed by atoms with van der Waals surface area (Å²) in [4.78, 5) is 4.38.